The van der Waals surface area contributed by atoms with Crippen LogP contribution in [-0.2, 0) is 0 Å². The van der Waals surface area contributed by atoms with E-state index >= 15 is 0 Å². The molecule has 0 bridgehead atoms. The number of rotatable bonds is 2. The van der Waals surface area contributed by atoms with E-state index < -0.39 is 0 Å². The maximum atomic E-state index is 4.58. The molecule has 0 spiro atoms. The molecule has 2 aliphatic rings. The van der Waals surface area contributed by atoms with Crippen LogP contribution < -0.4 is 10.2 Å². The van der Waals surface area contributed by atoms with Crippen LogP contribution in [0.5, 0.6) is 0 Å². The van der Waals surface area contributed by atoms with E-state index in [1.165, 1.54) is 25.9 Å². The Labute approximate surface area is 108 Å². The van der Waals surface area contributed by atoms with Crippen LogP contribution in [0.1, 0.15) is 18.5 Å². The van der Waals surface area contributed by atoms with Crippen LogP contribution in [0.25, 0.3) is 0 Å². The van der Waals surface area contributed by atoms with Crippen molar-refractivity contribution in [2.75, 3.05) is 43.4 Å². The molecule has 0 radical (unpaired) electrons. The third-order valence-corrected chi connectivity index (χ3v) is 3.98. The second kappa shape index (κ2) is 4.72. The summed E-state index contributed by atoms with van der Waals surface area (Å²) in [7, 11) is 1.87. The quantitative estimate of drug-likeness (QED) is 0.848. The van der Waals surface area contributed by atoms with E-state index in [0.29, 0.717) is 0 Å². The van der Waals surface area contributed by atoms with E-state index in [1.54, 1.807) is 0 Å². The highest BCUT2D eigenvalue weighted by Crippen LogP contribution is 2.25. The fourth-order valence-corrected chi connectivity index (χ4v) is 3.02. The average Bonchev–Trinajstić information content (AvgIpc) is 2.85. The van der Waals surface area contributed by atoms with Crippen molar-refractivity contribution in [2.24, 2.45) is 0 Å². The van der Waals surface area contributed by atoms with Crippen LogP contribution in [0.2, 0.25) is 0 Å². The van der Waals surface area contributed by atoms with Crippen molar-refractivity contribution in [3.8, 4) is 0 Å². The van der Waals surface area contributed by atoms with Gasteiger partial charge < -0.3 is 10.2 Å². The summed E-state index contributed by atoms with van der Waals surface area (Å²) in [4.78, 5) is 13.9. The summed E-state index contributed by atoms with van der Waals surface area (Å²) >= 11 is 0. The van der Waals surface area contributed by atoms with Gasteiger partial charge in [0.1, 0.15) is 5.82 Å². The van der Waals surface area contributed by atoms with Gasteiger partial charge in [-0.05, 0) is 26.3 Å². The standard InChI is InChI=1S/C13H21N5/c1-10-8-12(16-13(14-2)15-10)18-7-6-17-5-3-4-11(17)9-18/h8,11H,3-7,9H2,1-2H3,(H,14,15,16). The minimum atomic E-state index is 0.721. The summed E-state index contributed by atoms with van der Waals surface area (Å²) in [6.07, 6.45) is 2.68. The number of hydrogen-bond donors (Lipinski definition) is 1. The Kier molecular flexibility index (Phi) is 3.07. The van der Waals surface area contributed by atoms with Gasteiger partial charge in [0, 0.05) is 44.5 Å². The van der Waals surface area contributed by atoms with Crippen molar-refractivity contribution < 1.29 is 0 Å². The molecule has 1 N–H and O–H groups in total. The highest BCUT2D eigenvalue weighted by molar-refractivity contribution is 5.45. The van der Waals surface area contributed by atoms with Crippen LogP contribution in [0.3, 0.4) is 0 Å². The minimum Gasteiger partial charge on any atom is -0.357 e. The van der Waals surface area contributed by atoms with Gasteiger partial charge in [0.25, 0.3) is 0 Å². The lowest BCUT2D eigenvalue weighted by atomic mass is 10.1. The lowest BCUT2D eigenvalue weighted by Gasteiger charge is -2.38. The summed E-state index contributed by atoms with van der Waals surface area (Å²) in [5.74, 6) is 1.79. The maximum Gasteiger partial charge on any atom is 0.224 e. The van der Waals surface area contributed by atoms with Crippen molar-refractivity contribution in [1.82, 2.24) is 14.9 Å². The van der Waals surface area contributed by atoms with E-state index in [1.807, 2.05) is 14.0 Å². The lowest BCUT2D eigenvalue weighted by molar-refractivity contribution is 0.230. The predicted octanol–water partition coefficient (Wildman–Crippen LogP) is 1.11. The summed E-state index contributed by atoms with van der Waals surface area (Å²) in [6.45, 7) is 6.67. The van der Waals surface area contributed by atoms with E-state index in [0.717, 1.165) is 36.6 Å². The lowest BCUT2D eigenvalue weighted by Crippen LogP contribution is -2.50. The molecule has 2 saturated heterocycles. The second-order valence-corrected chi connectivity index (χ2v) is 5.22. The van der Waals surface area contributed by atoms with Gasteiger partial charge in [-0.1, -0.05) is 0 Å². The molecule has 0 aliphatic carbocycles. The molecule has 0 saturated carbocycles. The van der Waals surface area contributed by atoms with Gasteiger partial charge in [-0.3, -0.25) is 4.90 Å². The average molecular weight is 247 g/mol. The van der Waals surface area contributed by atoms with Crippen LogP contribution in [0.4, 0.5) is 11.8 Å². The van der Waals surface area contributed by atoms with Crippen molar-refractivity contribution in [2.45, 2.75) is 25.8 Å². The Balaban J connectivity index is 1.80. The summed E-state index contributed by atoms with van der Waals surface area (Å²) in [6, 6.07) is 2.82. The van der Waals surface area contributed by atoms with Crippen LogP contribution >= 0.6 is 0 Å². The Morgan fingerprint density at radius 2 is 2.17 bits per heavy atom. The highest BCUT2D eigenvalue weighted by Gasteiger charge is 2.31. The van der Waals surface area contributed by atoms with E-state index in [-0.39, 0.29) is 0 Å². The predicted molar refractivity (Wildman–Crippen MR) is 73.1 cm³/mol. The fraction of sp³-hybridized carbons (Fsp3) is 0.692. The van der Waals surface area contributed by atoms with E-state index in [9.17, 15) is 0 Å². The molecule has 5 nitrogen and oxygen atoms in total. The number of nitrogens with zero attached hydrogens (tertiary/aromatic N) is 4. The number of aryl methyl sites for hydroxylation is 1. The van der Waals surface area contributed by atoms with Gasteiger partial charge in [-0.25, -0.2) is 4.98 Å². The second-order valence-electron chi connectivity index (χ2n) is 5.22. The Hall–Kier alpha value is -1.36. The zero-order chi connectivity index (χ0) is 12.5. The SMILES string of the molecule is CNc1nc(C)cc(N2CCN3CCCC3C2)n1. The number of aromatic nitrogens is 2. The van der Waals surface area contributed by atoms with Crippen LogP contribution in [0.15, 0.2) is 6.07 Å². The third-order valence-electron chi connectivity index (χ3n) is 3.98. The summed E-state index contributed by atoms with van der Waals surface area (Å²) in [5.41, 5.74) is 1.03. The monoisotopic (exact) mass is 247 g/mol. The zero-order valence-corrected chi connectivity index (χ0v) is 11.2. The molecule has 1 atom stereocenters. The first-order valence-corrected chi connectivity index (χ1v) is 6.78. The van der Waals surface area contributed by atoms with Gasteiger partial charge in [0.15, 0.2) is 0 Å². The smallest absolute Gasteiger partial charge is 0.224 e. The fourth-order valence-electron chi connectivity index (χ4n) is 3.02. The first-order chi connectivity index (χ1) is 8.76. The third kappa shape index (κ3) is 2.14. The Morgan fingerprint density at radius 3 is 3.00 bits per heavy atom. The van der Waals surface area contributed by atoms with Crippen molar-refractivity contribution in [3.05, 3.63) is 11.8 Å². The molecular formula is C13H21N5. The van der Waals surface area contributed by atoms with Gasteiger partial charge >= 0.3 is 0 Å². The van der Waals surface area contributed by atoms with Crippen LogP contribution in [-0.4, -0.2) is 54.1 Å². The normalized spacial score (nSPS) is 24.1. The van der Waals surface area contributed by atoms with Gasteiger partial charge in [-0.15, -0.1) is 0 Å². The largest absolute Gasteiger partial charge is 0.357 e. The Morgan fingerprint density at radius 1 is 1.28 bits per heavy atom. The van der Waals surface area contributed by atoms with Crippen LogP contribution in [0, 0.1) is 6.92 Å². The molecule has 1 aromatic heterocycles. The number of fused-ring (bicyclic) bond motifs is 1. The molecule has 3 rings (SSSR count). The molecule has 18 heavy (non-hydrogen) atoms. The molecule has 0 aromatic carbocycles. The highest BCUT2D eigenvalue weighted by atomic mass is 15.3. The molecule has 0 amide bonds. The number of anilines is 2. The first-order valence-electron chi connectivity index (χ1n) is 6.78. The van der Waals surface area contributed by atoms with Crippen molar-refractivity contribution in [3.63, 3.8) is 0 Å². The van der Waals surface area contributed by atoms with Crippen molar-refractivity contribution >= 4 is 11.8 Å². The molecule has 98 valence electrons. The molecule has 2 fully saturated rings. The molecule has 1 aromatic rings. The Bertz CT molecular complexity index is 433. The first kappa shape index (κ1) is 11.7. The van der Waals surface area contributed by atoms with Gasteiger partial charge in [0.2, 0.25) is 5.95 Å². The van der Waals surface area contributed by atoms with Crippen molar-refractivity contribution in [1.29, 1.82) is 0 Å². The van der Waals surface area contributed by atoms with E-state index in [2.05, 4.69) is 31.2 Å². The topological polar surface area (TPSA) is 44.3 Å². The van der Waals surface area contributed by atoms with E-state index in [4.69, 9.17) is 0 Å². The summed E-state index contributed by atoms with van der Waals surface area (Å²) in [5, 5.41) is 3.03. The van der Waals surface area contributed by atoms with Gasteiger partial charge in [0.05, 0.1) is 0 Å². The molecule has 3 heterocycles. The number of hydrogen-bond acceptors (Lipinski definition) is 5. The number of nitrogens with one attached hydrogen (secondary N) is 1. The molecule has 2 aliphatic heterocycles. The molecular weight excluding hydrogens is 226 g/mol. The summed E-state index contributed by atoms with van der Waals surface area (Å²) < 4.78 is 0. The molecule has 5 heteroatoms. The number of piperazine rings is 1. The maximum absolute atomic E-state index is 4.58. The molecule has 1 unspecified atom stereocenters. The zero-order valence-electron chi connectivity index (χ0n) is 11.2. The minimum absolute atomic E-state index is 0.721. The van der Waals surface area contributed by atoms with Gasteiger partial charge in [-0.2, -0.15) is 4.98 Å².